The van der Waals surface area contributed by atoms with Gasteiger partial charge in [0.1, 0.15) is 22.9 Å². The number of amides is 2. The second kappa shape index (κ2) is 20.1. The number of aryl methyl sites for hydroxylation is 1. The first kappa shape index (κ1) is 45.6. The zero-order valence-corrected chi connectivity index (χ0v) is 38.4. The lowest BCUT2D eigenvalue weighted by Gasteiger charge is -2.47. The normalized spacial score (nSPS) is 21.4. The van der Waals surface area contributed by atoms with Crippen LogP contribution in [-0.4, -0.2) is 51.6 Å². The van der Waals surface area contributed by atoms with E-state index in [0.29, 0.717) is 86.6 Å². The summed E-state index contributed by atoms with van der Waals surface area (Å²) in [5.41, 5.74) is 7.18. The molecule has 2 heterocycles. The number of hydrogen-bond donors (Lipinski definition) is 4. The molecule has 8 rings (SSSR count). The lowest BCUT2D eigenvalue weighted by Crippen LogP contribution is -2.53. The van der Waals surface area contributed by atoms with Gasteiger partial charge in [0.25, 0.3) is 0 Å². The number of aliphatic carboxylic acids is 1. The molecule has 1 spiro atoms. The lowest BCUT2D eigenvalue weighted by atomic mass is 9.59. The number of nitrogens with one attached hydrogen (secondary N) is 3. The van der Waals surface area contributed by atoms with Gasteiger partial charge in [-0.15, -0.1) is 0 Å². The lowest BCUT2D eigenvalue weighted by molar-refractivity contribution is -0.144. The molecule has 5 aromatic rings. The van der Waals surface area contributed by atoms with Crippen LogP contribution in [0.4, 0.5) is 11.5 Å². The average molecular weight is 899 g/mol. The highest BCUT2D eigenvalue weighted by molar-refractivity contribution is 6.30. The topological polar surface area (TPSA) is 152 Å². The Kier molecular flexibility index (Phi) is 14.1. The van der Waals surface area contributed by atoms with Gasteiger partial charge in [-0.25, -0.2) is 9.78 Å². The molecule has 0 bridgehead atoms. The van der Waals surface area contributed by atoms with Crippen LogP contribution in [0.1, 0.15) is 112 Å². The Labute approximate surface area is 387 Å². The van der Waals surface area contributed by atoms with Crippen molar-refractivity contribution in [2.24, 2.45) is 11.8 Å². The van der Waals surface area contributed by atoms with Crippen molar-refractivity contribution >= 4 is 40.9 Å². The highest BCUT2D eigenvalue weighted by atomic mass is 35.5. The highest BCUT2D eigenvalue weighted by Gasteiger charge is 2.54. The summed E-state index contributed by atoms with van der Waals surface area (Å²) in [6, 6.07) is 27.3. The molecular formula is C53H60ClN5O6. The van der Waals surface area contributed by atoms with Gasteiger partial charge in [-0.1, -0.05) is 55.8 Å². The van der Waals surface area contributed by atoms with Gasteiger partial charge in [0.15, 0.2) is 0 Å². The van der Waals surface area contributed by atoms with Crippen molar-refractivity contribution in [2.45, 2.75) is 115 Å². The fourth-order valence-corrected chi connectivity index (χ4v) is 10.7. The molecule has 11 nitrogen and oxygen atoms in total. The fourth-order valence-electron chi connectivity index (χ4n) is 10.6. The molecular weight excluding hydrogens is 838 g/mol. The summed E-state index contributed by atoms with van der Waals surface area (Å²) in [5.74, 6) is 2.14. The number of pyridine rings is 2. The van der Waals surface area contributed by atoms with Crippen molar-refractivity contribution in [1.29, 1.82) is 0 Å². The minimum absolute atomic E-state index is 0.0528. The van der Waals surface area contributed by atoms with E-state index in [2.05, 4.69) is 51.9 Å². The number of carbonyl (C=O) groups is 3. The smallest absolute Gasteiger partial charge is 0.329 e. The number of aromatic nitrogens is 2. The van der Waals surface area contributed by atoms with Crippen molar-refractivity contribution in [2.75, 3.05) is 23.8 Å². The van der Waals surface area contributed by atoms with Crippen LogP contribution in [-0.2, 0) is 39.2 Å². The van der Waals surface area contributed by atoms with Gasteiger partial charge >= 0.3 is 5.97 Å². The van der Waals surface area contributed by atoms with Gasteiger partial charge in [0.05, 0.1) is 13.2 Å². The summed E-state index contributed by atoms with van der Waals surface area (Å²) in [7, 11) is 0. The summed E-state index contributed by atoms with van der Waals surface area (Å²) in [6.45, 7) is 7.37. The predicted molar refractivity (Wildman–Crippen MR) is 255 cm³/mol. The maximum atomic E-state index is 13.1. The molecule has 0 aliphatic heterocycles. The van der Waals surface area contributed by atoms with Crippen LogP contribution < -0.4 is 25.4 Å². The van der Waals surface area contributed by atoms with E-state index in [4.69, 9.17) is 21.1 Å². The van der Waals surface area contributed by atoms with E-state index < -0.39 is 11.5 Å². The van der Waals surface area contributed by atoms with Crippen molar-refractivity contribution in [3.63, 3.8) is 0 Å². The SMILES string of the molecule is CC(=O)Nc1ccc(-c2cccc(CNC(=O)CCCOc3ccc4c(c3)C3(CCC(Nc5cccc(Cl)c5)(C(=O)O)CC3)C(C[C@@H](C)COc3ccnc5c3[C@H](C)CCC5)C4)c2)cn1. The Morgan fingerprint density at radius 1 is 0.938 bits per heavy atom. The molecule has 3 aliphatic rings. The van der Waals surface area contributed by atoms with Crippen LogP contribution in [0.5, 0.6) is 11.5 Å². The van der Waals surface area contributed by atoms with Crippen molar-refractivity contribution < 1.29 is 29.0 Å². The minimum atomic E-state index is -1.12. The number of carboxylic acid groups (broad SMARTS) is 1. The van der Waals surface area contributed by atoms with E-state index in [-0.39, 0.29) is 23.1 Å². The van der Waals surface area contributed by atoms with Crippen LogP contribution >= 0.6 is 11.6 Å². The molecule has 2 amide bonds. The molecule has 4 N–H and O–H groups in total. The number of carbonyl (C=O) groups excluding carboxylic acids is 2. The molecule has 340 valence electrons. The second-order valence-electron chi connectivity index (χ2n) is 18.6. The first-order valence-electron chi connectivity index (χ1n) is 23.1. The zero-order valence-electron chi connectivity index (χ0n) is 37.6. The van der Waals surface area contributed by atoms with Crippen LogP contribution in [0, 0.1) is 11.8 Å². The third kappa shape index (κ3) is 10.6. The molecule has 65 heavy (non-hydrogen) atoms. The minimum Gasteiger partial charge on any atom is -0.494 e. The molecule has 0 radical (unpaired) electrons. The van der Waals surface area contributed by atoms with E-state index >= 15 is 0 Å². The summed E-state index contributed by atoms with van der Waals surface area (Å²) >= 11 is 6.32. The van der Waals surface area contributed by atoms with Crippen molar-refractivity contribution in [3.05, 3.63) is 130 Å². The fraction of sp³-hybridized carbons (Fsp3) is 0.415. The number of halogens is 1. The molecule has 3 atom stereocenters. The number of nitrogens with zero attached hydrogens (tertiary/aromatic N) is 2. The van der Waals surface area contributed by atoms with E-state index in [0.717, 1.165) is 66.0 Å². The maximum Gasteiger partial charge on any atom is 0.329 e. The Balaban J connectivity index is 0.910. The van der Waals surface area contributed by atoms with Gasteiger partial charge in [-0.2, -0.15) is 0 Å². The number of fused-ring (bicyclic) bond motifs is 3. The first-order valence-corrected chi connectivity index (χ1v) is 23.5. The Morgan fingerprint density at radius 2 is 1.77 bits per heavy atom. The molecule has 0 saturated heterocycles. The molecule has 3 aromatic carbocycles. The van der Waals surface area contributed by atoms with Gasteiger partial charge in [-0.05, 0) is 164 Å². The number of rotatable bonds is 17. The van der Waals surface area contributed by atoms with Crippen LogP contribution in [0.25, 0.3) is 11.1 Å². The molecule has 1 unspecified atom stereocenters. The molecule has 3 aliphatic carbocycles. The summed E-state index contributed by atoms with van der Waals surface area (Å²) in [4.78, 5) is 46.4. The average Bonchev–Trinajstić information content (AvgIpc) is 3.58. The monoisotopic (exact) mass is 897 g/mol. The van der Waals surface area contributed by atoms with Gasteiger partial charge in [0.2, 0.25) is 11.8 Å². The summed E-state index contributed by atoms with van der Waals surface area (Å²) < 4.78 is 13.0. The Bertz CT molecular complexity index is 2500. The van der Waals surface area contributed by atoms with Crippen LogP contribution in [0.2, 0.25) is 5.02 Å². The van der Waals surface area contributed by atoms with E-state index in [1.54, 1.807) is 24.4 Å². The molecule has 1 fully saturated rings. The quantitative estimate of drug-likeness (QED) is 0.0669. The molecule has 12 heteroatoms. The van der Waals surface area contributed by atoms with Crippen molar-refractivity contribution in [3.8, 4) is 22.6 Å². The van der Waals surface area contributed by atoms with E-state index in [1.165, 1.54) is 23.6 Å². The summed E-state index contributed by atoms with van der Waals surface area (Å²) in [6.07, 6.45) is 12.0. The van der Waals surface area contributed by atoms with E-state index in [9.17, 15) is 19.5 Å². The molecule has 1 saturated carbocycles. The number of benzene rings is 3. The first-order chi connectivity index (χ1) is 31.4. The molecule has 2 aromatic heterocycles. The second-order valence-corrected chi connectivity index (χ2v) is 19.0. The third-order valence-electron chi connectivity index (χ3n) is 13.9. The van der Waals surface area contributed by atoms with Crippen LogP contribution in [0.15, 0.2) is 97.3 Å². The van der Waals surface area contributed by atoms with Gasteiger partial charge in [-0.3, -0.25) is 14.6 Å². The zero-order chi connectivity index (χ0) is 45.6. The van der Waals surface area contributed by atoms with Crippen LogP contribution in [0.3, 0.4) is 0 Å². The number of carboxylic acids is 1. The number of hydrogen-bond acceptors (Lipinski definition) is 8. The summed E-state index contributed by atoms with van der Waals surface area (Å²) in [5, 5.41) is 20.4. The van der Waals surface area contributed by atoms with E-state index in [1.807, 2.05) is 60.8 Å². The highest BCUT2D eigenvalue weighted by Crippen LogP contribution is 2.57. The maximum absolute atomic E-state index is 13.1. The largest absolute Gasteiger partial charge is 0.494 e. The number of anilines is 2. The van der Waals surface area contributed by atoms with Crippen molar-refractivity contribution in [1.82, 2.24) is 15.3 Å². The number of ether oxygens (including phenoxy) is 2. The standard InChI is InChI=1S/C53H60ClN5O6/c1-34(33-65-47-19-24-55-46-13-4-8-35(2)50(46)47)26-41-28-39-15-17-44(30-45(39)52(41)20-22-53(23-21-52,51(62)63)59-43-12-6-11-42(54)29-43)64-25-7-14-49(61)57-31-37-9-5-10-38(27-37)40-16-18-48(56-32-40)58-36(3)60/h5-6,9-12,15-19,24,27,29-30,32,34-35,41,59H,4,7-8,13-14,20-23,25-26,28,31,33H2,1-3H3,(H,57,61)(H,62,63)(H,56,58,60)/t34-,35-,41?,52?,53?/m1/s1. The Morgan fingerprint density at radius 3 is 2.54 bits per heavy atom. The van der Waals surface area contributed by atoms with Gasteiger partial charge < -0.3 is 30.5 Å². The third-order valence-corrected chi connectivity index (χ3v) is 14.1. The van der Waals surface area contributed by atoms with Gasteiger partial charge in [0, 0.05) is 59.8 Å². The predicted octanol–water partition coefficient (Wildman–Crippen LogP) is 10.7. The Hall–Kier alpha value is -5.94.